The van der Waals surface area contributed by atoms with Gasteiger partial charge in [-0.05, 0) is 55.7 Å². The summed E-state index contributed by atoms with van der Waals surface area (Å²) in [6.45, 7) is 9.25. The number of halogens is 1. The highest BCUT2D eigenvalue weighted by Gasteiger charge is 2.23. The molecule has 2 aromatic rings. The highest BCUT2D eigenvalue weighted by Crippen LogP contribution is 2.29. The van der Waals surface area contributed by atoms with Gasteiger partial charge < -0.3 is 5.32 Å². The Balaban J connectivity index is 2.48. The monoisotopic (exact) mass is 351 g/mol. The molecule has 5 nitrogen and oxygen atoms in total. The number of nitrogens with zero attached hydrogens (tertiary/aromatic N) is 4. The van der Waals surface area contributed by atoms with Crippen LogP contribution in [0.4, 0.5) is 0 Å². The fourth-order valence-corrected chi connectivity index (χ4v) is 2.80. The smallest absolute Gasteiger partial charge is 0.125 e. The summed E-state index contributed by atoms with van der Waals surface area (Å²) in [5, 5.41) is 8.05. The lowest BCUT2D eigenvalue weighted by Crippen LogP contribution is -2.27. The molecule has 0 aliphatic carbocycles. The Kier molecular flexibility index (Phi) is 5.47. The Morgan fingerprint density at radius 3 is 2.76 bits per heavy atom. The van der Waals surface area contributed by atoms with Gasteiger partial charge in [0.1, 0.15) is 5.82 Å². The van der Waals surface area contributed by atoms with E-state index in [1.54, 1.807) is 0 Å². The van der Waals surface area contributed by atoms with Crippen LogP contribution in [-0.4, -0.2) is 26.3 Å². The van der Waals surface area contributed by atoms with Crippen molar-refractivity contribution in [1.29, 1.82) is 0 Å². The molecular formula is C15H22BrN5. The van der Waals surface area contributed by atoms with Crippen LogP contribution in [0.25, 0.3) is 0 Å². The van der Waals surface area contributed by atoms with Crippen molar-refractivity contribution in [2.45, 2.75) is 46.2 Å². The van der Waals surface area contributed by atoms with Crippen LogP contribution >= 0.6 is 15.9 Å². The Bertz CT molecular complexity index is 593. The molecule has 1 N–H and O–H groups in total. The van der Waals surface area contributed by atoms with E-state index in [-0.39, 0.29) is 6.04 Å². The van der Waals surface area contributed by atoms with Crippen LogP contribution in [0, 0.1) is 6.92 Å². The second kappa shape index (κ2) is 7.13. The zero-order valence-electron chi connectivity index (χ0n) is 13.0. The van der Waals surface area contributed by atoms with Gasteiger partial charge in [-0.1, -0.05) is 6.92 Å². The maximum absolute atomic E-state index is 4.59. The molecule has 0 fully saturated rings. The lowest BCUT2D eigenvalue weighted by Gasteiger charge is -2.22. The van der Waals surface area contributed by atoms with Gasteiger partial charge in [0.15, 0.2) is 0 Å². The van der Waals surface area contributed by atoms with Crippen molar-refractivity contribution in [1.82, 2.24) is 25.1 Å². The van der Waals surface area contributed by atoms with Crippen LogP contribution in [-0.2, 0) is 0 Å². The van der Waals surface area contributed by atoms with Crippen molar-refractivity contribution < 1.29 is 0 Å². The first-order valence-corrected chi connectivity index (χ1v) is 8.09. The fourth-order valence-electron chi connectivity index (χ4n) is 2.30. The number of hydrogen-bond donors (Lipinski definition) is 1. The van der Waals surface area contributed by atoms with Gasteiger partial charge in [-0.3, -0.25) is 4.68 Å². The summed E-state index contributed by atoms with van der Waals surface area (Å²) in [5.41, 5.74) is 2.08. The summed E-state index contributed by atoms with van der Waals surface area (Å²) in [6.07, 6.45) is 4.72. The molecule has 2 rings (SSSR count). The predicted octanol–water partition coefficient (Wildman–Crippen LogP) is 3.41. The molecule has 2 aromatic heterocycles. The minimum Gasteiger partial charge on any atom is -0.304 e. The van der Waals surface area contributed by atoms with Gasteiger partial charge in [-0.25, -0.2) is 9.97 Å². The van der Waals surface area contributed by atoms with E-state index in [1.165, 1.54) is 0 Å². The maximum Gasteiger partial charge on any atom is 0.125 e. The topological polar surface area (TPSA) is 55.6 Å². The number of nitrogens with one attached hydrogen (secondary N) is 1. The minimum absolute atomic E-state index is 0.00549. The molecule has 0 aromatic carbocycles. The number of hydrogen-bond acceptors (Lipinski definition) is 4. The van der Waals surface area contributed by atoms with E-state index >= 15 is 0 Å². The third-order valence-corrected chi connectivity index (χ3v) is 3.85. The van der Waals surface area contributed by atoms with E-state index < -0.39 is 0 Å². The summed E-state index contributed by atoms with van der Waals surface area (Å²) >= 11 is 3.63. The van der Waals surface area contributed by atoms with Crippen LogP contribution < -0.4 is 5.32 Å². The third kappa shape index (κ3) is 3.68. The average molecular weight is 352 g/mol. The van der Waals surface area contributed by atoms with E-state index in [0.29, 0.717) is 6.04 Å². The van der Waals surface area contributed by atoms with Crippen molar-refractivity contribution >= 4 is 15.9 Å². The molecule has 2 heterocycles. The van der Waals surface area contributed by atoms with Crippen LogP contribution in [0.2, 0.25) is 0 Å². The first-order valence-electron chi connectivity index (χ1n) is 7.30. The van der Waals surface area contributed by atoms with E-state index in [0.717, 1.165) is 34.7 Å². The van der Waals surface area contributed by atoms with E-state index in [1.807, 2.05) is 30.1 Å². The Morgan fingerprint density at radius 1 is 1.38 bits per heavy atom. The molecular weight excluding hydrogens is 330 g/mol. The SMILES string of the molecule is CCCNC(c1ccnc(C)n1)c1c(Br)cnn1C(C)C. The lowest BCUT2D eigenvalue weighted by molar-refractivity contribution is 0.466. The van der Waals surface area contributed by atoms with Crippen molar-refractivity contribution in [2.75, 3.05) is 6.54 Å². The van der Waals surface area contributed by atoms with E-state index in [4.69, 9.17) is 0 Å². The van der Waals surface area contributed by atoms with Gasteiger partial charge in [-0.2, -0.15) is 5.10 Å². The average Bonchev–Trinajstić information content (AvgIpc) is 2.82. The van der Waals surface area contributed by atoms with Gasteiger partial charge in [0.05, 0.1) is 28.1 Å². The molecule has 0 saturated heterocycles. The molecule has 0 aliphatic rings. The van der Waals surface area contributed by atoms with Gasteiger partial charge in [0.2, 0.25) is 0 Å². The molecule has 114 valence electrons. The lowest BCUT2D eigenvalue weighted by atomic mass is 10.1. The second-order valence-electron chi connectivity index (χ2n) is 5.33. The Labute approximate surface area is 134 Å². The molecule has 21 heavy (non-hydrogen) atoms. The molecule has 0 amide bonds. The zero-order chi connectivity index (χ0) is 15.4. The quantitative estimate of drug-likeness (QED) is 0.866. The fraction of sp³-hybridized carbons (Fsp3) is 0.533. The molecule has 0 radical (unpaired) electrons. The number of rotatable bonds is 6. The number of aromatic nitrogens is 4. The normalized spacial score (nSPS) is 12.9. The van der Waals surface area contributed by atoms with Crippen molar-refractivity contribution in [3.05, 3.63) is 40.1 Å². The van der Waals surface area contributed by atoms with Gasteiger partial charge in [-0.15, -0.1) is 0 Å². The van der Waals surface area contributed by atoms with Crippen molar-refractivity contribution in [2.24, 2.45) is 0 Å². The first kappa shape index (κ1) is 16.1. The molecule has 0 spiro atoms. The predicted molar refractivity (Wildman–Crippen MR) is 87.2 cm³/mol. The molecule has 0 saturated carbocycles. The molecule has 1 unspecified atom stereocenters. The van der Waals surface area contributed by atoms with Crippen LogP contribution in [0.3, 0.4) is 0 Å². The summed E-state index contributed by atoms with van der Waals surface area (Å²) in [7, 11) is 0. The third-order valence-electron chi connectivity index (χ3n) is 3.24. The largest absolute Gasteiger partial charge is 0.304 e. The van der Waals surface area contributed by atoms with Crippen LogP contribution in [0.15, 0.2) is 22.9 Å². The molecule has 0 bridgehead atoms. The van der Waals surface area contributed by atoms with Gasteiger partial charge >= 0.3 is 0 Å². The molecule has 1 atom stereocenters. The van der Waals surface area contributed by atoms with Gasteiger partial charge in [0, 0.05) is 12.2 Å². The summed E-state index contributed by atoms with van der Waals surface area (Å²) in [6, 6.07) is 2.26. The number of aryl methyl sites for hydroxylation is 1. The van der Waals surface area contributed by atoms with Crippen LogP contribution in [0.1, 0.15) is 56.5 Å². The highest BCUT2D eigenvalue weighted by atomic mass is 79.9. The Hall–Kier alpha value is -1.27. The van der Waals surface area contributed by atoms with E-state index in [2.05, 4.69) is 57.1 Å². The first-order chi connectivity index (χ1) is 10.0. The molecule has 6 heteroatoms. The van der Waals surface area contributed by atoms with E-state index in [9.17, 15) is 0 Å². The standard InChI is InChI=1S/C15H22BrN5/c1-5-7-18-14(13-6-8-17-11(4)20-13)15-12(16)9-19-21(15)10(2)3/h6,8-10,14,18H,5,7H2,1-4H3. The summed E-state index contributed by atoms with van der Waals surface area (Å²) in [5.74, 6) is 0.780. The summed E-state index contributed by atoms with van der Waals surface area (Å²) in [4.78, 5) is 8.78. The minimum atomic E-state index is 0.00549. The maximum atomic E-state index is 4.59. The summed E-state index contributed by atoms with van der Waals surface area (Å²) < 4.78 is 3.04. The van der Waals surface area contributed by atoms with Crippen molar-refractivity contribution in [3.8, 4) is 0 Å². The highest BCUT2D eigenvalue weighted by molar-refractivity contribution is 9.10. The van der Waals surface area contributed by atoms with Crippen LogP contribution in [0.5, 0.6) is 0 Å². The zero-order valence-corrected chi connectivity index (χ0v) is 14.6. The molecule has 0 aliphatic heterocycles. The van der Waals surface area contributed by atoms with Crippen molar-refractivity contribution in [3.63, 3.8) is 0 Å². The Morgan fingerprint density at radius 2 is 2.14 bits per heavy atom. The van der Waals surface area contributed by atoms with Gasteiger partial charge in [0.25, 0.3) is 0 Å². The second-order valence-corrected chi connectivity index (χ2v) is 6.19.